The van der Waals surface area contributed by atoms with E-state index in [0.29, 0.717) is 11.6 Å². The highest BCUT2D eigenvalue weighted by molar-refractivity contribution is 7.80. The highest BCUT2D eigenvalue weighted by Gasteiger charge is 2.13. The van der Waals surface area contributed by atoms with Crippen molar-refractivity contribution in [3.05, 3.63) is 17.5 Å². The van der Waals surface area contributed by atoms with Crippen molar-refractivity contribution in [2.24, 2.45) is 5.73 Å². The number of likely N-dealkylation sites (N-methyl/N-ethyl adjacent to an activating group) is 1. The zero-order valence-corrected chi connectivity index (χ0v) is 10.8. The average molecular weight is 253 g/mol. The van der Waals surface area contributed by atoms with Crippen LogP contribution in [0.5, 0.6) is 0 Å². The van der Waals surface area contributed by atoms with Crippen molar-refractivity contribution in [3.8, 4) is 0 Å². The third-order valence-electron chi connectivity index (χ3n) is 2.09. The Bertz CT molecular complexity index is 448. The van der Waals surface area contributed by atoms with Crippen LogP contribution in [0, 0.1) is 6.92 Å². The van der Waals surface area contributed by atoms with E-state index in [2.05, 4.69) is 20.6 Å². The number of amides is 1. The van der Waals surface area contributed by atoms with Crippen molar-refractivity contribution in [2.75, 3.05) is 12.4 Å². The van der Waals surface area contributed by atoms with Crippen LogP contribution in [-0.2, 0) is 4.79 Å². The molecule has 0 saturated heterocycles. The molecule has 4 N–H and O–H groups in total. The van der Waals surface area contributed by atoms with Gasteiger partial charge in [0.25, 0.3) is 0 Å². The van der Waals surface area contributed by atoms with Gasteiger partial charge in [0.2, 0.25) is 11.9 Å². The predicted octanol–water partition coefficient (Wildman–Crippen LogP) is -0.0344. The minimum Gasteiger partial charge on any atom is -0.388 e. The van der Waals surface area contributed by atoms with Gasteiger partial charge < -0.3 is 16.4 Å². The third-order valence-corrected chi connectivity index (χ3v) is 2.30. The van der Waals surface area contributed by atoms with Gasteiger partial charge in [-0.05, 0) is 19.9 Å². The summed E-state index contributed by atoms with van der Waals surface area (Å²) in [5, 5.41) is 5.41. The van der Waals surface area contributed by atoms with Gasteiger partial charge in [0.1, 0.15) is 16.7 Å². The number of hydrogen-bond donors (Lipinski definition) is 3. The van der Waals surface area contributed by atoms with Crippen LogP contribution < -0.4 is 16.4 Å². The first-order chi connectivity index (χ1) is 7.93. The second-order valence-corrected chi connectivity index (χ2v) is 4.00. The summed E-state index contributed by atoms with van der Waals surface area (Å²) in [6, 6.07) is 1.26. The Morgan fingerprint density at radius 1 is 1.53 bits per heavy atom. The van der Waals surface area contributed by atoms with Crippen LogP contribution in [0.3, 0.4) is 0 Å². The molecular weight excluding hydrogens is 238 g/mol. The molecular formula is C10H15N5OS. The molecule has 0 saturated carbocycles. The number of nitrogens with one attached hydrogen (secondary N) is 2. The van der Waals surface area contributed by atoms with Crippen LogP contribution in [0.15, 0.2) is 6.07 Å². The van der Waals surface area contributed by atoms with Crippen LogP contribution in [-0.4, -0.2) is 34.0 Å². The highest BCUT2D eigenvalue weighted by atomic mass is 32.1. The number of thiocarbonyl (C=S) groups is 1. The number of hydrogen-bond acceptors (Lipinski definition) is 5. The summed E-state index contributed by atoms with van der Waals surface area (Å²) in [5.74, 6) is 0.191. The summed E-state index contributed by atoms with van der Waals surface area (Å²) in [6.45, 7) is 3.52. The van der Waals surface area contributed by atoms with Crippen molar-refractivity contribution in [2.45, 2.75) is 19.9 Å². The molecule has 1 unspecified atom stereocenters. The van der Waals surface area contributed by atoms with Crippen molar-refractivity contribution >= 4 is 29.1 Å². The zero-order valence-electron chi connectivity index (χ0n) is 9.94. The van der Waals surface area contributed by atoms with Gasteiger partial charge in [-0.15, -0.1) is 0 Å². The van der Waals surface area contributed by atoms with E-state index in [1.54, 1.807) is 27.0 Å². The summed E-state index contributed by atoms with van der Waals surface area (Å²) < 4.78 is 0. The van der Waals surface area contributed by atoms with E-state index in [9.17, 15) is 4.79 Å². The van der Waals surface area contributed by atoms with E-state index in [1.807, 2.05) is 0 Å². The highest BCUT2D eigenvalue weighted by Crippen LogP contribution is 2.06. The lowest BCUT2D eigenvalue weighted by Crippen LogP contribution is -2.36. The topological polar surface area (TPSA) is 92.9 Å². The third kappa shape index (κ3) is 3.63. The Hall–Kier alpha value is -1.76. The van der Waals surface area contributed by atoms with Gasteiger partial charge in [-0.1, -0.05) is 12.2 Å². The minimum absolute atomic E-state index is 0.146. The maximum atomic E-state index is 11.3. The Morgan fingerprint density at radius 3 is 2.71 bits per heavy atom. The van der Waals surface area contributed by atoms with E-state index >= 15 is 0 Å². The Balaban J connectivity index is 2.91. The van der Waals surface area contributed by atoms with Crippen LogP contribution in [0.25, 0.3) is 0 Å². The van der Waals surface area contributed by atoms with Crippen LogP contribution >= 0.6 is 12.2 Å². The van der Waals surface area contributed by atoms with Gasteiger partial charge in [-0.3, -0.25) is 4.79 Å². The molecule has 0 bridgehead atoms. The van der Waals surface area contributed by atoms with Gasteiger partial charge in [-0.2, -0.15) is 0 Å². The molecule has 6 nitrogen and oxygen atoms in total. The zero-order chi connectivity index (χ0) is 13.0. The number of nitrogens with two attached hydrogens (primary N) is 1. The number of anilines is 1. The SMILES string of the molecule is CNC(=O)C(C)Nc1nc(C)cc(C(N)=S)n1. The molecule has 0 spiro atoms. The maximum Gasteiger partial charge on any atom is 0.242 e. The average Bonchev–Trinajstić information content (AvgIpc) is 2.26. The quantitative estimate of drug-likeness (QED) is 0.652. The van der Waals surface area contributed by atoms with Crippen molar-refractivity contribution < 1.29 is 4.79 Å². The standard InChI is InChI=1S/C10H15N5OS/c1-5-4-7(8(11)17)15-10(13-5)14-6(2)9(16)12-3/h4,6H,1-3H3,(H2,11,17)(H,12,16)(H,13,14,15). The molecule has 0 aliphatic rings. The molecule has 7 heteroatoms. The first kappa shape index (κ1) is 13.3. The summed E-state index contributed by atoms with van der Waals surface area (Å²) in [5.41, 5.74) is 6.72. The fraction of sp³-hybridized carbons (Fsp3) is 0.400. The molecule has 0 aromatic carbocycles. The van der Waals surface area contributed by atoms with Gasteiger partial charge >= 0.3 is 0 Å². The summed E-state index contributed by atoms with van der Waals surface area (Å²) in [4.78, 5) is 19.8. The first-order valence-electron chi connectivity index (χ1n) is 5.07. The Kier molecular flexibility index (Phi) is 4.33. The van der Waals surface area contributed by atoms with Crippen LogP contribution in [0.4, 0.5) is 5.95 Å². The predicted molar refractivity (Wildman–Crippen MR) is 69.8 cm³/mol. The van der Waals surface area contributed by atoms with Crippen molar-refractivity contribution in [1.29, 1.82) is 0 Å². The van der Waals surface area contributed by atoms with E-state index in [4.69, 9.17) is 18.0 Å². The van der Waals surface area contributed by atoms with Crippen LogP contribution in [0.1, 0.15) is 18.3 Å². The van der Waals surface area contributed by atoms with E-state index in [0.717, 1.165) is 5.69 Å². The van der Waals surface area contributed by atoms with E-state index in [1.165, 1.54) is 0 Å². The Labute approximate surface area is 105 Å². The smallest absolute Gasteiger partial charge is 0.242 e. The second kappa shape index (κ2) is 5.53. The molecule has 17 heavy (non-hydrogen) atoms. The normalized spacial score (nSPS) is 11.7. The number of nitrogens with zero attached hydrogens (tertiary/aromatic N) is 2. The number of carbonyl (C=O) groups is 1. The van der Waals surface area contributed by atoms with Crippen LogP contribution in [0.2, 0.25) is 0 Å². The number of carbonyl (C=O) groups excluding carboxylic acids is 1. The summed E-state index contributed by atoms with van der Waals surface area (Å²) >= 11 is 4.85. The first-order valence-corrected chi connectivity index (χ1v) is 5.48. The molecule has 0 aliphatic heterocycles. The van der Waals surface area contributed by atoms with E-state index in [-0.39, 0.29) is 10.9 Å². The molecule has 1 heterocycles. The number of aryl methyl sites for hydroxylation is 1. The number of aromatic nitrogens is 2. The minimum atomic E-state index is -0.430. The largest absolute Gasteiger partial charge is 0.388 e. The molecule has 92 valence electrons. The molecule has 1 aromatic heterocycles. The fourth-order valence-corrected chi connectivity index (χ4v) is 1.34. The molecule has 1 atom stereocenters. The molecule has 1 aromatic rings. The van der Waals surface area contributed by atoms with Crippen molar-refractivity contribution in [1.82, 2.24) is 15.3 Å². The summed E-state index contributed by atoms with van der Waals surface area (Å²) in [6.07, 6.45) is 0. The van der Waals surface area contributed by atoms with E-state index < -0.39 is 6.04 Å². The van der Waals surface area contributed by atoms with Gasteiger partial charge in [0.05, 0.1) is 0 Å². The van der Waals surface area contributed by atoms with Gasteiger partial charge in [0.15, 0.2) is 0 Å². The number of rotatable bonds is 4. The molecule has 1 amide bonds. The van der Waals surface area contributed by atoms with Gasteiger partial charge in [0, 0.05) is 12.7 Å². The lowest BCUT2D eigenvalue weighted by molar-refractivity contribution is -0.121. The molecule has 1 rings (SSSR count). The molecule has 0 fully saturated rings. The summed E-state index contributed by atoms with van der Waals surface area (Å²) in [7, 11) is 1.57. The van der Waals surface area contributed by atoms with Gasteiger partial charge in [-0.25, -0.2) is 9.97 Å². The lowest BCUT2D eigenvalue weighted by atomic mass is 10.3. The fourth-order valence-electron chi connectivity index (χ4n) is 1.24. The maximum absolute atomic E-state index is 11.3. The second-order valence-electron chi connectivity index (χ2n) is 3.56. The lowest BCUT2D eigenvalue weighted by Gasteiger charge is -2.13. The van der Waals surface area contributed by atoms with Crippen molar-refractivity contribution in [3.63, 3.8) is 0 Å². The molecule has 0 radical (unpaired) electrons. The Morgan fingerprint density at radius 2 is 2.18 bits per heavy atom. The monoisotopic (exact) mass is 253 g/mol. The molecule has 0 aliphatic carbocycles.